The molecule has 0 aliphatic carbocycles. The lowest BCUT2D eigenvalue weighted by molar-refractivity contribution is 0.0848. The lowest BCUT2D eigenvalue weighted by Gasteiger charge is -2.34. The third kappa shape index (κ3) is 2.28. The fourth-order valence-electron chi connectivity index (χ4n) is 1.90. The number of methoxy groups -OCH3 is 1. The molecule has 5 heteroatoms. The van der Waals surface area contributed by atoms with Gasteiger partial charge in [-0.05, 0) is 24.6 Å². The van der Waals surface area contributed by atoms with Crippen molar-refractivity contribution in [1.29, 1.82) is 0 Å². The molecule has 0 radical (unpaired) electrons. The summed E-state index contributed by atoms with van der Waals surface area (Å²) in [5.41, 5.74) is 1.73. The minimum absolute atomic E-state index is 0.439. The Balaban J connectivity index is 2.49. The standard InChI is InChI=1S/C13H14BrNO3/c1-3-18-12-10(14)8-9-6-4-5-7-11(9)15(12)13(16)17-2/h4-8,12H,3H2,1-2H3/t12-/m0/s1. The number of carbonyl (C=O) groups is 1. The molecule has 4 nitrogen and oxygen atoms in total. The summed E-state index contributed by atoms with van der Waals surface area (Å²) in [7, 11) is 1.36. The Morgan fingerprint density at radius 1 is 1.44 bits per heavy atom. The van der Waals surface area contributed by atoms with E-state index < -0.39 is 12.3 Å². The molecule has 1 heterocycles. The summed E-state index contributed by atoms with van der Waals surface area (Å²) in [5, 5.41) is 0. The van der Waals surface area contributed by atoms with Gasteiger partial charge in [0.25, 0.3) is 0 Å². The van der Waals surface area contributed by atoms with Gasteiger partial charge in [0.1, 0.15) is 0 Å². The van der Waals surface area contributed by atoms with Crippen molar-refractivity contribution in [2.24, 2.45) is 0 Å². The summed E-state index contributed by atoms with van der Waals surface area (Å²) in [5.74, 6) is 0. The van der Waals surface area contributed by atoms with Crippen LogP contribution in [0, 0.1) is 0 Å². The molecule has 0 spiro atoms. The van der Waals surface area contributed by atoms with Crippen LogP contribution in [0.25, 0.3) is 6.08 Å². The van der Waals surface area contributed by atoms with Crippen LogP contribution in [0.5, 0.6) is 0 Å². The third-order valence-corrected chi connectivity index (χ3v) is 3.28. The fourth-order valence-corrected chi connectivity index (χ4v) is 2.49. The van der Waals surface area contributed by atoms with E-state index in [0.717, 1.165) is 15.7 Å². The Morgan fingerprint density at radius 2 is 2.17 bits per heavy atom. The number of nitrogens with zero attached hydrogens (tertiary/aromatic N) is 1. The molecule has 18 heavy (non-hydrogen) atoms. The van der Waals surface area contributed by atoms with E-state index in [1.54, 1.807) is 0 Å². The zero-order valence-corrected chi connectivity index (χ0v) is 11.8. The van der Waals surface area contributed by atoms with Gasteiger partial charge in [0.15, 0.2) is 6.23 Å². The van der Waals surface area contributed by atoms with Crippen molar-refractivity contribution >= 4 is 33.8 Å². The molecule has 2 rings (SSSR count). The van der Waals surface area contributed by atoms with Crippen LogP contribution in [0.1, 0.15) is 12.5 Å². The number of para-hydroxylation sites is 1. The van der Waals surface area contributed by atoms with E-state index in [9.17, 15) is 4.79 Å². The highest BCUT2D eigenvalue weighted by molar-refractivity contribution is 9.11. The van der Waals surface area contributed by atoms with Crippen LogP contribution in [0.2, 0.25) is 0 Å². The number of rotatable bonds is 2. The topological polar surface area (TPSA) is 38.8 Å². The van der Waals surface area contributed by atoms with Crippen molar-refractivity contribution in [1.82, 2.24) is 0 Å². The molecule has 1 aliphatic rings. The zero-order chi connectivity index (χ0) is 13.1. The van der Waals surface area contributed by atoms with Gasteiger partial charge in [0, 0.05) is 11.1 Å². The van der Waals surface area contributed by atoms with Gasteiger partial charge in [-0.1, -0.05) is 34.1 Å². The van der Waals surface area contributed by atoms with Gasteiger partial charge in [-0.15, -0.1) is 0 Å². The minimum Gasteiger partial charge on any atom is -0.452 e. The molecule has 1 amide bonds. The molecule has 1 atom stereocenters. The van der Waals surface area contributed by atoms with Crippen LogP contribution in [0.3, 0.4) is 0 Å². The predicted octanol–water partition coefficient (Wildman–Crippen LogP) is 3.37. The van der Waals surface area contributed by atoms with Crippen LogP contribution in [0.4, 0.5) is 10.5 Å². The molecular weight excluding hydrogens is 298 g/mol. The summed E-state index contributed by atoms with van der Waals surface area (Å²) >= 11 is 3.45. The first-order chi connectivity index (χ1) is 8.69. The molecule has 0 unspecified atom stereocenters. The number of amides is 1. The maximum absolute atomic E-state index is 11.9. The number of anilines is 1. The second kappa shape index (κ2) is 5.54. The van der Waals surface area contributed by atoms with Gasteiger partial charge in [-0.25, -0.2) is 9.69 Å². The van der Waals surface area contributed by atoms with Gasteiger partial charge in [0.05, 0.1) is 12.8 Å². The number of hydrogen-bond donors (Lipinski definition) is 0. The Kier molecular flexibility index (Phi) is 4.04. The molecule has 0 saturated heterocycles. The molecule has 0 saturated carbocycles. The van der Waals surface area contributed by atoms with Gasteiger partial charge in [-0.2, -0.15) is 0 Å². The van der Waals surface area contributed by atoms with E-state index in [-0.39, 0.29) is 0 Å². The van der Waals surface area contributed by atoms with Crippen molar-refractivity contribution in [3.8, 4) is 0 Å². The Hall–Kier alpha value is -1.33. The quantitative estimate of drug-likeness (QED) is 0.840. The number of benzene rings is 1. The molecular formula is C13H14BrNO3. The van der Waals surface area contributed by atoms with Crippen LogP contribution in [0.15, 0.2) is 28.7 Å². The molecule has 0 bridgehead atoms. The number of carbonyl (C=O) groups excluding carboxylic acids is 1. The van der Waals surface area contributed by atoms with E-state index in [2.05, 4.69) is 15.9 Å². The highest BCUT2D eigenvalue weighted by Crippen LogP contribution is 2.35. The highest BCUT2D eigenvalue weighted by atomic mass is 79.9. The number of hydrogen-bond acceptors (Lipinski definition) is 3. The van der Waals surface area contributed by atoms with Crippen LogP contribution >= 0.6 is 15.9 Å². The van der Waals surface area contributed by atoms with Crippen LogP contribution in [-0.4, -0.2) is 26.0 Å². The van der Waals surface area contributed by atoms with E-state index in [4.69, 9.17) is 9.47 Å². The predicted molar refractivity (Wildman–Crippen MR) is 73.6 cm³/mol. The molecule has 0 aromatic heterocycles. The van der Waals surface area contributed by atoms with Crippen molar-refractivity contribution < 1.29 is 14.3 Å². The molecule has 1 aliphatic heterocycles. The minimum atomic E-state index is -0.475. The first kappa shape index (κ1) is 13.1. The molecule has 0 N–H and O–H groups in total. The summed E-state index contributed by atoms with van der Waals surface area (Å²) < 4.78 is 11.2. The maximum atomic E-state index is 11.9. The molecule has 0 fully saturated rings. The maximum Gasteiger partial charge on any atom is 0.416 e. The second-order valence-corrected chi connectivity index (χ2v) is 4.65. The average molecular weight is 312 g/mol. The smallest absolute Gasteiger partial charge is 0.416 e. The van der Waals surface area contributed by atoms with Crippen molar-refractivity contribution in [3.05, 3.63) is 34.3 Å². The molecule has 1 aromatic rings. The summed E-state index contributed by atoms with van der Waals surface area (Å²) in [6.07, 6.45) is 1.04. The van der Waals surface area contributed by atoms with E-state index in [1.165, 1.54) is 12.0 Å². The monoisotopic (exact) mass is 311 g/mol. The number of halogens is 1. The molecule has 1 aromatic carbocycles. The third-order valence-electron chi connectivity index (χ3n) is 2.66. The van der Waals surface area contributed by atoms with Crippen molar-refractivity contribution in [3.63, 3.8) is 0 Å². The summed E-state index contributed by atoms with van der Waals surface area (Å²) in [6.45, 7) is 2.39. The second-order valence-electron chi connectivity index (χ2n) is 3.74. The van der Waals surface area contributed by atoms with Gasteiger partial charge in [0.2, 0.25) is 0 Å². The van der Waals surface area contributed by atoms with Gasteiger partial charge in [-0.3, -0.25) is 0 Å². The van der Waals surface area contributed by atoms with Crippen molar-refractivity contribution in [2.75, 3.05) is 18.6 Å². The zero-order valence-electron chi connectivity index (χ0n) is 10.2. The average Bonchev–Trinajstić information content (AvgIpc) is 2.39. The lowest BCUT2D eigenvalue weighted by atomic mass is 10.1. The fraction of sp³-hybridized carbons (Fsp3) is 0.308. The van der Waals surface area contributed by atoms with Gasteiger partial charge < -0.3 is 9.47 Å². The molecule has 96 valence electrons. The normalized spacial score (nSPS) is 18.1. The van der Waals surface area contributed by atoms with Crippen molar-refractivity contribution in [2.45, 2.75) is 13.2 Å². The van der Waals surface area contributed by atoms with E-state index >= 15 is 0 Å². The summed E-state index contributed by atoms with van der Waals surface area (Å²) in [4.78, 5) is 13.4. The highest BCUT2D eigenvalue weighted by Gasteiger charge is 2.33. The van der Waals surface area contributed by atoms with Gasteiger partial charge >= 0.3 is 6.09 Å². The lowest BCUT2D eigenvalue weighted by Crippen LogP contribution is -2.44. The van der Waals surface area contributed by atoms with Crippen LogP contribution in [-0.2, 0) is 9.47 Å². The Labute approximate surface area is 114 Å². The summed E-state index contributed by atoms with van der Waals surface area (Å²) in [6, 6.07) is 7.61. The Bertz CT molecular complexity index is 487. The number of fused-ring (bicyclic) bond motifs is 1. The first-order valence-corrected chi connectivity index (χ1v) is 6.43. The SMILES string of the molecule is CCO[C@H]1C(Br)=Cc2ccccc2N1C(=O)OC. The van der Waals surface area contributed by atoms with E-state index in [1.807, 2.05) is 37.3 Å². The first-order valence-electron chi connectivity index (χ1n) is 5.64. The van der Waals surface area contributed by atoms with E-state index in [0.29, 0.717) is 6.61 Å². The number of ether oxygens (including phenoxy) is 2. The largest absolute Gasteiger partial charge is 0.452 e. The Morgan fingerprint density at radius 3 is 2.83 bits per heavy atom. The van der Waals surface area contributed by atoms with Crippen LogP contribution < -0.4 is 4.90 Å².